The molecule has 0 aliphatic carbocycles. The van der Waals surface area contributed by atoms with Gasteiger partial charge >= 0.3 is 12.1 Å². The molecule has 2 aromatic carbocycles. The highest BCUT2D eigenvalue weighted by Crippen LogP contribution is 2.49. The van der Waals surface area contributed by atoms with Gasteiger partial charge in [0, 0.05) is 14.8 Å². The predicted molar refractivity (Wildman–Crippen MR) is 124 cm³/mol. The Labute approximate surface area is 204 Å². The van der Waals surface area contributed by atoms with Crippen molar-refractivity contribution in [1.82, 2.24) is 5.32 Å². The van der Waals surface area contributed by atoms with Crippen molar-refractivity contribution in [1.29, 1.82) is 0 Å². The van der Waals surface area contributed by atoms with Crippen molar-refractivity contribution in [3.05, 3.63) is 47.5 Å². The second-order valence-corrected chi connectivity index (χ2v) is 9.34. The van der Waals surface area contributed by atoms with Crippen LogP contribution >= 0.6 is 23.4 Å². The first kappa shape index (κ1) is 25.5. The van der Waals surface area contributed by atoms with E-state index in [0.717, 1.165) is 9.79 Å². The van der Waals surface area contributed by atoms with Crippen LogP contribution < -0.4 is 10.2 Å². The smallest absolute Gasteiger partial charge is 0.419 e. The number of carbonyl (C=O) groups excluding carboxylic acids is 3. The number of aliphatic carboxylic acids is 1. The van der Waals surface area contributed by atoms with E-state index in [4.69, 9.17) is 21.4 Å². The first-order chi connectivity index (χ1) is 16.1. The maximum Gasteiger partial charge on any atom is 0.419 e. The van der Waals surface area contributed by atoms with Crippen LogP contribution in [0, 0.1) is 5.92 Å². The second-order valence-electron chi connectivity index (χ2n) is 7.82. The van der Waals surface area contributed by atoms with E-state index >= 15 is 0 Å². The van der Waals surface area contributed by atoms with Gasteiger partial charge in [0.2, 0.25) is 0 Å². The van der Waals surface area contributed by atoms with Crippen LogP contribution in [0.5, 0.6) is 0 Å². The molecule has 2 amide bonds. The molecular formula is C23H22ClFN2O6S. The van der Waals surface area contributed by atoms with Gasteiger partial charge in [-0.15, -0.1) is 0 Å². The molecule has 0 saturated carbocycles. The third-order valence-corrected chi connectivity index (χ3v) is 6.34. The van der Waals surface area contributed by atoms with Crippen LogP contribution in [0.15, 0.2) is 52.3 Å². The summed E-state index contributed by atoms with van der Waals surface area (Å²) in [6, 6.07) is 10.6. The fraction of sp³-hybridized carbons (Fsp3) is 0.304. The minimum absolute atomic E-state index is 0.399. The number of rotatable bonds is 8. The molecule has 1 aliphatic rings. The number of anilines is 2. The number of Topliss-reactive ketones (excluding diaryl/α,β-unsaturated/α-hetero) is 1. The zero-order valence-electron chi connectivity index (χ0n) is 18.3. The maximum absolute atomic E-state index is 13.4. The summed E-state index contributed by atoms with van der Waals surface area (Å²) < 4.78 is 18.4. The monoisotopic (exact) mass is 508 g/mol. The number of amides is 2. The largest absolute Gasteiger partial charge is 0.481 e. The average Bonchev–Trinajstić information content (AvgIpc) is 2.79. The van der Waals surface area contributed by atoms with Crippen molar-refractivity contribution in [2.45, 2.75) is 42.2 Å². The fourth-order valence-electron chi connectivity index (χ4n) is 3.35. The molecule has 0 bridgehead atoms. The van der Waals surface area contributed by atoms with Crippen LogP contribution in [0.25, 0.3) is 0 Å². The number of hydrogen-bond donors (Lipinski definition) is 2. The number of fused-ring (bicyclic) bond motifs is 2. The normalized spacial score (nSPS) is 14.0. The number of para-hydroxylation sites is 1. The fourth-order valence-corrected chi connectivity index (χ4v) is 4.55. The number of carboxylic acids is 1. The second kappa shape index (κ2) is 10.9. The van der Waals surface area contributed by atoms with E-state index in [1.54, 1.807) is 44.2 Å². The number of carboxylic acid groups (broad SMARTS) is 1. The average molecular weight is 509 g/mol. The Bertz CT molecular complexity index is 1130. The van der Waals surface area contributed by atoms with Crippen molar-refractivity contribution in [2.75, 3.05) is 11.6 Å². The highest BCUT2D eigenvalue weighted by Gasteiger charge is 2.35. The number of ketones is 1. The van der Waals surface area contributed by atoms with Crippen molar-refractivity contribution in [3.8, 4) is 0 Å². The zero-order valence-corrected chi connectivity index (χ0v) is 19.9. The summed E-state index contributed by atoms with van der Waals surface area (Å²) in [4.78, 5) is 51.9. The van der Waals surface area contributed by atoms with Gasteiger partial charge in [-0.3, -0.25) is 14.4 Å². The molecule has 180 valence electrons. The van der Waals surface area contributed by atoms with E-state index in [1.807, 2.05) is 12.1 Å². The van der Waals surface area contributed by atoms with Crippen LogP contribution in [0.4, 0.5) is 20.6 Å². The summed E-state index contributed by atoms with van der Waals surface area (Å²) in [6.45, 7) is 1.79. The Morgan fingerprint density at radius 3 is 2.44 bits per heavy atom. The molecule has 8 nitrogen and oxygen atoms in total. The molecule has 0 fully saturated rings. The van der Waals surface area contributed by atoms with Gasteiger partial charge in [0.15, 0.2) is 11.9 Å². The van der Waals surface area contributed by atoms with Crippen LogP contribution in [0.2, 0.25) is 5.02 Å². The molecule has 1 aliphatic heterocycles. The number of carbonyl (C=O) groups is 4. The lowest BCUT2D eigenvalue weighted by molar-refractivity contribution is -0.141. The van der Waals surface area contributed by atoms with Gasteiger partial charge in [0.25, 0.3) is 5.91 Å². The molecule has 0 spiro atoms. The third kappa shape index (κ3) is 5.68. The van der Waals surface area contributed by atoms with E-state index in [0.29, 0.717) is 16.4 Å². The highest BCUT2D eigenvalue weighted by molar-refractivity contribution is 7.99. The Morgan fingerprint density at radius 1 is 1.12 bits per heavy atom. The van der Waals surface area contributed by atoms with Crippen molar-refractivity contribution >= 4 is 58.5 Å². The molecule has 34 heavy (non-hydrogen) atoms. The van der Waals surface area contributed by atoms with E-state index in [2.05, 4.69) is 5.32 Å². The van der Waals surface area contributed by atoms with Gasteiger partial charge in [-0.2, -0.15) is 0 Å². The van der Waals surface area contributed by atoms with E-state index in [1.165, 1.54) is 16.7 Å². The van der Waals surface area contributed by atoms with Gasteiger partial charge in [-0.1, -0.05) is 49.3 Å². The number of ether oxygens (including phenoxy) is 1. The summed E-state index contributed by atoms with van der Waals surface area (Å²) >= 11 is 7.61. The number of benzene rings is 2. The molecule has 2 N–H and O–H groups in total. The van der Waals surface area contributed by atoms with E-state index in [-0.39, 0.29) is 0 Å². The topological polar surface area (TPSA) is 113 Å². The van der Waals surface area contributed by atoms with Crippen LogP contribution in [-0.4, -0.2) is 47.7 Å². The molecule has 1 heterocycles. The Kier molecular flexibility index (Phi) is 8.16. The molecule has 0 radical (unpaired) electrons. The van der Waals surface area contributed by atoms with E-state index in [9.17, 15) is 23.6 Å². The van der Waals surface area contributed by atoms with E-state index < -0.39 is 54.9 Å². The molecule has 2 atom stereocenters. The standard InChI is InChI=1S/C23H22ClFN2O6S/c1-12(2)21(22(31)26-14(10-20(29)30)17(28)11-25)33-23(32)27-15-5-3-4-6-18(15)34-19-8-7-13(24)9-16(19)27/h3-9,12,14,21H,10-11H2,1-2H3,(H,26,31)(H,29,30)/t14?,21-/m0/s1. The molecule has 0 saturated heterocycles. The SMILES string of the molecule is CC(C)[C@H](OC(=O)N1c2ccccc2Sc2ccc(Cl)cc21)C(=O)NC(CC(=O)O)C(=O)CF. The Balaban J connectivity index is 1.89. The van der Waals surface area contributed by atoms with Crippen LogP contribution in [-0.2, 0) is 19.1 Å². The zero-order chi connectivity index (χ0) is 25.0. The van der Waals surface area contributed by atoms with Crippen LogP contribution in [0.3, 0.4) is 0 Å². The first-order valence-corrected chi connectivity index (χ1v) is 11.5. The number of hydrogen-bond acceptors (Lipinski definition) is 6. The maximum atomic E-state index is 13.4. The molecular weight excluding hydrogens is 487 g/mol. The minimum Gasteiger partial charge on any atom is -0.481 e. The summed E-state index contributed by atoms with van der Waals surface area (Å²) in [7, 11) is 0. The number of alkyl halides is 1. The third-order valence-electron chi connectivity index (χ3n) is 4.98. The van der Waals surface area contributed by atoms with Gasteiger partial charge < -0.3 is 15.2 Å². The summed E-state index contributed by atoms with van der Waals surface area (Å²) in [5.41, 5.74) is 1.01. The van der Waals surface area contributed by atoms with Crippen molar-refractivity contribution < 1.29 is 33.4 Å². The Morgan fingerprint density at radius 2 is 1.79 bits per heavy atom. The van der Waals surface area contributed by atoms with Crippen molar-refractivity contribution in [2.24, 2.45) is 5.92 Å². The lowest BCUT2D eigenvalue weighted by atomic mass is 10.0. The molecule has 3 rings (SSSR count). The Hall–Kier alpha value is -3.11. The number of halogens is 2. The van der Waals surface area contributed by atoms with Crippen LogP contribution in [0.1, 0.15) is 20.3 Å². The van der Waals surface area contributed by atoms with Gasteiger partial charge in [-0.25, -0.2) is 14.1 Å². The lowest BCUT2D eigenvalue weighted by Gasteiger charge is -2.32. The lowest BCUT2D eigenvalue weighted by Crippen LogP contribution is -2.50. The summed E-state index contributed by atoms with van der Waals surface area (Å²) in [5.74, 6) is -3.92. The first-order valence-electron chi connectivity index (χ1n) is 10.3. The van der Waals surface area contributed by atoms with Gasteiger partial charge in [0.05, 0.1) is 17.8 Å². The van der Waals surface area contributed by atoms with Gasteiger partial charge in [0.1, 0.15) is 12.7 Å². The number of nitrogens with one attached hydrogen (secondary N) is 1. The highest BCUT2D eigenvalue weighted by atomic mass is 35.5. The molecule has 1 unspecified atom stereocenters. The summed E-state index contributed by atoms with van der Waals surface area (Å²) in [6.07, 6.45) is -3.03. The quantitative estimate of drug-likeness (QED) is 0.535. The molecule has 0 aromatic heterocycles. The minimum atomic E-state index is -1.58. The molecule has 11 heteroatoms. The summed E-state index contributed by atoms with van der Waals surface area (Å²) in [5, 5.41) is 11.6. The number of nitrogens with zero attached hydrogens (tertiary/aromatic N) is 1. The molecule has 2 aromatic rings. The van der Waals surface area contributed by atoms with Gasteiger partial charge in [-0.05, 0) is 36.2 Å². The predicted octanol–water partition coefficient (Wildman–Crippen LogP) is 4.60. The van der Waals surface area contributed by atoms with Crippen molar-refractivity contribution in [3.63, 3.8) is 0 Å².